The molecule has 1 heterocycles. The highest BCUT2D eigenvalue weighted by molar-refractivity contribution is 7.90. The van der Waals surface area contributed by atoms with Crippen molar-refractivity contribution in [2.24, 2.45) is 0 Å². The second-order valence-electron chi connectivity index (χ2n) is 5.78. The van der Waals surface area contributed by atoms with Crippen molar-refractivity contribution in [3.63, 3.8) is 0 Å². The molecule has 2 rings (SSSR count). The average Bonchev–Trinajstić information content (AvgIpc) is 2.52. The zero-order valence-corrected chi connectivity index (χ0v) is 15.3. The first kappa shape index (κ1) is 19.9. The van der Waals surface area contributed by atoms with Crippen LogP contribution in [0.4, 0.5) is 0 Å². The number of hydrogen-bond donors (Lipinski definition) is 1. The van der Waals surface area contributed by atoms with Crippen LogP contribution in [0.2, 0.25) is 0 Å². The number of carbonyl (C=O) groups excluding carboxylic acids is 1. The smallest absolute Gasteiger partial charge is 0.254 e. The van der Waals surface area contributed by atoms with E-state index in [9.17, 15) is 13.2 Å². The summed E-state index contributed by atoms with van der Waals surface area (Å²) < 4.78 is 23.0. The molecule has 1 aromatic carbocycles. The molecule has 1 aliphatic rings. The van der Waals surface area contributed by atoms with Gasteiger partial charge >= 0.3 is 0 Å². The molecule has 0 saturated carbocycles. The number of rotatable bonds is 5. The number of carbonyl (C=O) groups is 1. The van der Waals surface area contributed by atoms with Crippen LogP contribution >= 0.6 is 12.4 Å². The fourth-order valence-corrected chi connectivity index (χ4v) is 3.45. The summed E-state index contributed by atoms with van der Waals surface area (Å²) in [6.07, 6.45) is 4.01. The largest absolute Gasteiger partial charge is 0.336 e. The molecule has 7 heteroatoms. The molecule has 1 N–H and O–H groups in total. The Morgan fingerprint density at radius 2 is 1.78 bits per heavy atom. The summed E-state index contributed by atoms with van der Waals surface area (Å²) in [6.45, 7) is 4.67. The number of nitrogens with zero attached hydrogens (tertiary/aromatic N) is 1. The van der Waals surface area contributed by atoms with Crippen LogP contribution in [-0.4, -0.2) is 51.2 Å². The van der Waals surface area contributed by atoms with E-state index in [0.29, 0.717) is 5.56 Å². The first-order chi connectivity index (χ1) is 10.4. The first-order valence-electron chi connectivity index (χ1n) is 7.75. The molecule has 0 aliphatic carbocycles. The van der Waals surface area contributed by atoms with E-state index in [1.54, 1.807) is 12.1 Å². The molecule has 1 aromatic rings. The first-order valence-corrected chi connectivity index (χ1v) is 9.64. The Bertz CT molecular complexity index is 611. The monoisotopic (exact) mass is 360 g/mol. The molecule has 130 valence electrons. The van der Waals surface area contributed by atoms with Gasteiger partial charge in [0.2, 0.25) is 0 Å². The van der Waals surface area contributed by atoms with E-state index in [4.69, 9.17) is 0 Å². The molecule has 0 radical (unpaired) electrons. The van der Waals surface area contributed by atoms with Crippen molar-refractivity contribution < 1.29 is 13.2 Å². The zero-order chi connectivity index (χ0) is 16.2. The second kappa shape index (κ2) is 8.66. The molecule has 0 spiro atoms. The fraction of sp³-hybridized carbons (Fsp3) is 0.562. The Hall–Kier alpha value is -1.11. The highest BCUT2D eigenvalue weighted by atomic mass is 35.5. The van der Waals surface area contributed by atoms with Gasteiger partial charge in [0.15, 0.2) is 9.84 Å². The van der Waals surface area contributed by atoms with Crippen LogP contribution in [0.3, 0.4) is 0 Å². The lowest BCUT2D eigenvalue weighted by Crippen LogP contribution is -2.46. The van der Waals surface area contributed by atoms with E-state index in [1.165, 1.54) is 18.4 Å². The highest BCUT2D eigenvalue weighted by Crippen LogP contribution is 2.18. The Morgan fingerprint density at radius 1 is 1.22 bits per heavy atom. The number of nitrogens with one attached hydrogen (secondary N) is 1. The van der Waals surface area contributed by atoms with Gasteiger partial charge in [-0.25, -0.2) is 8.42 Å². The Morgan fingerprint density at radius 3 is 2.26 bits per heavy atom. The maximum absolute atomic E-state index is 12.8. The Kier molecular flexibility index (Phi) is 7.51. The summed E-state index contributed by atoms with van der Waals surface area (Å²) >= 11 is 0. The van der Waals surface area contributed by atoms with Crippen molar-refractivity contribution in [1.29, 1.82) is 0 Å². The number of hydrogen-bond acceptors (Lipinski definition) is 4. The van der Waals surface area contributed by atoms with Crippen molar-refractivity contribution in [3.05, 3.63) is 29.8 Å². The van der Waals surface area contributed by atoms with Crippen molar-refractivity contribution in [3.8, 4) is 0 Å². The quantitative estimate of drug-likeness (QED) is 0.873. The fourth-order valence-electron chi connectivity index (χ4n) is 2.82. The minimum absolute atomic E-state index is 0. The molecule has 0 unspecified atom stereocenters. The van der Waals surface area contributed by atoms with Crippen molar-refractivity contribution >= 4 is 28.2 Å². The SMILES string of the molecule is CCCN(C(=O)c1ccc(S(C)(=O)=O)cc1)C1CCNCC1.Cl. The number of halogens is 1. The molecule has 0 atom stereocenters. The van der Waals surface area contributed by atoms with Gasteiger partial charge in [0.25, 0.3) is 5.91 Å². The van der Waals surface area contributed by atoms with Gasteiger partial charge in [-0.2, -0.15) is 0 Å². The average molecular weight is 361 g/mol. The van der Waals surface area contributed by atoms with Crippen LogP contribution in [0, 0.1) is 0 Å². The lowest BCUT2D eigenvalue weighted by atomic mass is 10.0. The number of benzene rings is 1. The third-order valence-electron chi connectivity index (χ3n) is 4.00. The summed E-state index contributed by atoms with van der Waals surface area (Å²) in [5, 5.41) is 3.31. The predicted octanol–water partition coefficient (Wildman–Crippen LogP) is 2.12. The summed E-state index contributed by atoms with van der Waals surface area (Å²) in [5.74, 6) is -0.00574. The number of amides is 1. The number of sulfone groups is 1. The van der Waals surface area contributed by atoms with E-state index in [2.05, 4.69) is 12.2 Å². The van der Waals surface area contributed by atoms with Crippen molar-refractivity contribution in [2.75, 3.05) is 25.9 Å². The molecular weight excluding hydrogens is 336 g/mol. The Balaban J connectivity index is 0.00000264. The van der Waals surface area contributed by atoms with Gasteiger partial charge in [-0.15, -0.1) is 12.4 Å². The summed E-state index contributed by atoms with van der Waals surface area (Å²) in [7, 11) is -3.23. The zero-order valence-electron chi connectivity index (χ0n) is 13.6. The van der Waals surface area contributed by atoms with E-state index < -0.39 is 9.84 Å². The molecule has 1 fully saturated rings. The molecule has 1 amide bonds. The maximum Gasteiger partial charge on any atom is 0.254 e. The highest BCUT2D eigenvalue weighted by Gasteiger charge is 2.25. The molecule has 0 aromatic heterocycles. The van der Waals surface area contributed by atoms with Crippen molar-refractivity contribution in [1.82, 2.24) is 10.2 Å². The van der Waals surface area contributed by atoms with Gasteiger partial charge in [0, 0.05) is 24.4 Å². The lowest BCUT2D eigenvalue weighted by molar-refractivity contribution is 0.0642. The van der Waals surface area contributed by atoms with Crippen LogP contribution in [0.1, 0.15) is 36.5 Å². The molecule has 1 saturated heterocycles. The standard InChI is InChI=1S/C16H24N2O3S.ClH/c1-3-12-18(14-8-10-17-11-9-14)16(19)13-4-6-15(7-5-13)22(2,20)21;/h4-7,14,17H,3,8-12H2,1-2H3;1H. The van der Waals surface area contributed by atoms with Gasteiger partial charge in [-0.05, 0) is 56.6 Å². The van der Waals surface area contributed by atoms with Gasteiger partial charge in [-0.3, -0.25) is 4.79 Å². The predicted molar refractivity (Wildman–Crippen MR) is 94.0 cm³/mol. The minimum Gasteiger partial charge on any atom is -0.336 e. The molecule has 0 bridgehead atoms. The molecule has 1 aliphatic heterocycles. The summed E-state index contributed by atoms with van der Waals surface area (Å²) in [5.41, 5.74) is 0.555. The third kappa shape index (κ3) is 5.19. The van der Waals surface area contributed by atoms with Crippen molar-refractivity contribution in [2.45, 2.75) is 37.1 Å². The molecular formula is C16H25ClN2O3S. The van der Waals surface area contributed by atoms with Gasteiger partial charge in [-0.1, -0.05) is 6.92 Å². The third-order valence-corrected chi connectivity index (χ3v) is 5.13. The van der Waals surface area contributed by atoms with Gasteiger partial charge < -0.3 is 10.2 Å². The van der Waals surface area contributed by atoms with E-state index >= 15 is 0 Å². The molecule has 5 nitrogen and oxygen atoms in total. The van der Waals surface area contributed by atoms with Crippen LogP contribution in [-0.2, 0) is 9.84 Å². The minimum atomic E-state index is -3.23. The van der Waals surface area contributed by atoms with E-state index in [-0.39, 0.29) is 29.3 Å². The lowest BCUT2D eigenvalue weighted by Gasteiger charge is -2.34. The second-order valence-corrected chi connectivity index (χ2v) is 7.79. The Labute approximate surface area is 144 Å². The van der Waals surface area contributed by atoms with Gasteiger partial charge in [0.05, 0.1) is 4.90 Å². The normalized spacial score (nSPS) is 15.7. The topological polar surface area (TPSA) is 66.5 Å². The van der Waals surface area contributed by atoms with Crippen LogP contribution < -0.4 is 5.32 Å². The summed E-state index contributed by atoms with van der Waals surface area (Å²) in [6, 6.07) is 6.51. The van der Waals surface area contributed by atoms with Crippen LogP contribution in [0.25, 0.3) is 0 Å². The van der Waals surface area contributed by atoms with Crippen LogP contribution in [0.5, 0.6) is 0 Å². The van der Waals surface area contributed by atoms with E-state index in [1.807, 2.05) is 4.90 Å². The molecule has 23 heavy (non-hydrogen) atoms. The van der Waals surface area contributed by atoms with Crippen LogP contribution in [0.15, 0.2) is 29.2 Å². The maximum atomic E-state index is 12.8. The summed E-state index contributed by atoms with van der Waals surface area (Å²) in [4.78, 5) is 14.9. The number of piperidine rings is 1. The van der Waals surface area contributed by atoms with Gasteiger partial charge in [0.1, 0.15) is 0 Å². The van der Waals surface area contributed by atoms with E-state index in [0.717, 1.165) is 38.9 Å².